The first kappa shape index (κ1) is 11.4. The highest BCUT2D eigenvalue weighted by Gasteiger charge is 2.02. The van der Waals surface area contributed by atoms with Crippen LogP contribution in [0.1, 0.15) is 10.7 Å². The molecule has 0 bridgehead atoms. The molecule has 0 amide bonds. The fourth-order valence-corrected chi connectivity index (χ4v) is 2.09. The van der Waals surface area contributed by atoms with E-state index in [0.29, 0.717) is 18.2 Å². The maximum absolute atomic E-state index is 12.6. The Morgan fingerprint density at radius 3 is 2.69 bits per heavy atom. The Labute approximate surface area is 102 Å². The summed E-state index contributed by atoms with van der Waals surface area (Å²) in [4.78, 5) is 4.25. The summed E-state index contributed by atoms with van der Waals surface area (Å²) in [6, 6.07) is 5.90. The molecular formula is C11H9ClFNOS. The second kappa shape index (κ2) is 5.27. The molecule has 1 aromatic heterocycles. The van der Waals surface area contributed by atoms with Crippen LogP contribution in [0, 0.1) is 5.82 Å². The van der Waals surface area contributed by atoms with Crippen LogP contribution in [0.3, 0.4) is 0 Å². The van der Waals surface area contributed by atoms with Crippen LogP contribution in [0.5, 0.6) is 5.75 Å². The topological polar surface area (TPSA) is 22.1 Å². The number of hydrogen-bond donors (Lipinski definition) is 0. The number of benzene rings is 1. The largest absolute Gasteiger partial charge is 0.486 e. The minimum Gasteiger partial charge on any atom is -0.486 e. The summed E-state index contributed by atoms with van der Waals surface area (Å²) < 4.78 is 18.1. The smallest absolute Gasteiger partial charge is 0.140 e. The van der Waals surface area contributed by atoms with Crippen LogP contribution in [0.15, 0.2) is 29.6 Å². The van der Waals surface area contributed by atoms with Crippen LogP contribution in [0.2, 0.25) is 0 Å². The van der Waals surface area contributed by atoms with Crippen molar-refractivity contribution in [1.82, 2.24) is 4.98 Å². The van der Waals surface area contributed by atoms with Crippen LogP contribution in [0.25, 0.3) is 0 Å². The predicted octanol–water partition coefficient (Wildman–Crippen LogP) is 3.60. The maximum Gasteiger partial charge on any atom is 0.140 e. The van der Waals surface area contributed by atoms with Crippen LogP contribution < -0.4 is 4.74 Å². The maximum atomic E-state index is 12.6. The standard InChI is InChI=1S/C11H9ClFNOS/c12-5-9-7-16-11(14-9)6-15-10-3-1-8(13)2-4-10/h1-4,7H,5-6H2. The number of thiazole rings is 1. The molecule has 0 atom stereocenters. The zero-order valence-corrected chi connectivity index (χ0v) is 9.89. The van der Waals surface area contributed by atoms with Crippen LogP contribution in [0.4, 0.5) is 4.39 Å². The van der Waals surface area contributed by atoms with Gasteiger partial charge in [-0.25, -0.2) is 9.37 Å². The van der Waals surface area contributed by atoms with E-state index in [-0.39, 0.29) is 5.82 Å². The van der Waals surface area contributed by atoms with E-state index in [1.54, 1.807) is 12.1 Å². The molecule has 0 aliphatic heterocycles. The van der Waals surface area contributed by atoms with E-state index >= 15 is 0 Å². The van der Waals surface area contributed by atoms with E-state index < -0.39 is 0 Å². The van der Waals surface area contributed by atoms with Gasteiger partial charge < -0.3 is 4.74 Å². The molecule has 0 aliphatic carbocycles. The van der Waals surface area contributed by atoms with Crippen molar-refractivity contribution >= 4 is 22.9 Å². The van der Waals surface area contributed by atoms with Crippen molar-refractivity contribution in [3.63, 3.8) is 0 Å². The molecule has 0 fully saturated rings. The second-order valence-electron chi connectivity index (χ2n) is 3.11. The summed E-state index contributed by atoms with van der Waals surface area (Å²) >= 11 is 7.14. The fraction of sp³-hybridized carbons (Fsp3) is 0.182. The normalized spacial score (nSPS) is 10.4. The summed E-state index contributed by atoms with van der Waals surface area (Å²) in [5.74, 6) is 0.766. The average Bonchev–Trinajstić information content (AvgIpc) is 2.76. The summed E-state index contributed by atoms with van der Waals surface area (Å²) in [5, 5.41) is 2.76. The van der Waals surface area contributed by atoms with Crippen molar-refractivity contribution in [2.75, 3.05) is 0 Å². The highest BCUT2D eigenvalue weighted by Crippen LogP contribution is 2.16. The lowest BCUT2D eigenvalue weighted by Crippen LogP contribution is -1.95. The Morgan fingerprint density at radius 2 is 2.06 bits per heavy atom. The number of aromatic nitrogens is 1. The summed E-state index contributed by atoms with van der Waals surface area (Å²) in [6.07, 6.45) is 0. The van der Waals surface area contributed by atoms with Crippen molar-refractivity contribution in [2.24, 2.45) is 0 Å². The molecule has 84 valence electrons. The van der Waals surface area contributed by atoms with Gasteiger partial charge in [-0.3, -0.25) is 0 Å². The molecule has 0 radical (unpaired) electrons. The van der Waals surface area contributed by atoms with Gasteiger partial charge in [0.1, 0.15) is 23.2 Å². The first-order chi connectivity index (χ1) is 7.78. The predicted molar refractivity (Wildman–Crippen MR) is 62.4 cm³/mol. The van der Waals surface area contributed by atoms with Gasteiger partial charge in [-0.15, -0.1) is 22.9 Å². The number of hydrogen-bond acceptors (Lipinski definition) is 3. The molecular weight excluding hydrogens is 249 g/mol. The SMILES string of the molecule is Fc1ccc(OCc2nc(CCl)cs2)cc1. The van der Waals surface area contributed by atoms with E-state index in [1.165, 1.54) is 23.5 Å². The van der Waals surface area contributed by atoms with Gasteiger partial charge >= 0.3 is 0 Å². The molecule has 0 saturated heterocycles. The molecule has 0 N–H and O–H groups in total. The van der Waals surface area contributed by atoms with E-state index in [2.05, 4.69) is 4.98 Å². The molecule has 0 saturated carbocycles. The third-order valence-electron chi connectivity index (χ3n) is 1.91. The molecule has 1 aromatic carbocycles. The number of ether oxygens (including phenoxy) is 1. The van der Waals surface area contributed by atoms with E-state index in [9.17, 15) is 4.39 Å². The Morgan fingerprint density at radius 1 is 1.31 bits per heavy atom. The molecule has 5 heteroatoms. The highest BCUT2D eigenvalue weighted by molar-refractivity contribution is 7.09. The van der Waals surface area contributed by atoms with Gasteiger partial charge in [-0.1, -0.05) is 0 Å². The van der Waals surface area contributed by atoms with Gasteiger partial charge in [0.05, 0.1) is 11.6 Å². The number of alkyl halides is 1. The fourth-order valence-electron chi connectivity index (χ4n) is 1.15. The quantitative estimate of drug-likeness (QED) is 0.781. The van der Waals surface area contributed by atoms with Crippen LogP contribution >= 0.6 is 22.9 Å². The Kier molecular flexibility index (Phi) is 3.74. The third-order valence-corrected chi connectivity index (χ3v) is 3.06. The van der Waals surface area contributed by atoms with Crippen molar-refractivity contribution in [2.45, 2.75) is 12.5 Å². The second-order valence-corrected chi connectivity index (χ2v) is 4.32. The molecule has 0 spiro atoms. The van der Waals surface area contributed by atoms with E-state index in [1.807, 2.05) is 5.38 Å². The lowest BCUT2D eigenvalue weighted by Gasteiger charge is -2.02. The van der Waals surface area contributed by atoms with Gasteiger partial charge in [0.2, 0.25) is 0 Å². The number of nitrogens with zero attached hydrogens (tertiary/aromatic N) is 1. The molecule has 2 rings (SSSR count). The van der Waals surface area contributed by atoms with Crippen molar-refractivity contribution in [1.29, 1.82) is 0 Å². The Bertz CT molecular complexity index is 457. The van der Waals surface area contributed by atoms with Crippen molar-refractivity contribution < 1.29 is 9.13 Å². The van der Waals surface area contributed by atoms with Crippen molar-refractivity contribution in [3.05, 3.63) is 46.2 Å². The molecule has 2 aromatic rings. The number of rotatable bonds is 4. The van der Waals surface area contributed by atoms with E-state index in [4.69, 9.17) is 16.3 Å². The van der Waals surface area contributed by atoms with Crippen molar-refractivity contribution in [3.8, 4) is 5.75 Å². The van der Waals surface area contributed by atoms with Gasteiger partial charge in [0.15, 0.2) is 0 Å². The molecule has 16 heavy (non-hydrogen) atoms. The van der Waals surface area contributed by atoms with Crippen LogP contribution in [-0.2, 0) is 12.5 Å². The van der Waals surface area contributed by atoms with Gasteiger partial charge in [0.25, 0.3) is 0 Å². The van der Waals surface area contributed by atoms with Crippen LogP contribution in [-0.4, -0.2) is 4.98 Å². The zero-order chi connectivity index (χ0) is 11.4. The van der Waals surface area contributed by atoms with Gasteiger partial charge in [-0.2, -0.15) is 0 Å². The summed E-state index contributed by atoms with van der Waals surface area (Å²) in [7, 11) is 0. The highest BCUT2D eigenvalue weighted by atomic mass is 35.5. The first-order valence-corrected chi connectivity index (χ1v) is 6.07. The molecule has 1 heterocycles. The minimum atomic E-state index is -0.272. The lowest BCUT2D eigenvalue weighted by atomic mass is 10.3. The zero-order valence-electron chi connectivity index (χ0n) is 8.32. The van der Waals surface area contributed by atoms with E-state index in [0.717, 1.165) is 10.7 Å². The summed E-state index contributed by atoms with van der Waals surface area (Å²) in [5.41, 5.74) is 0.851. The average molecular weight is 258 g/mol. The Balaban J connectivity index is 1.94. The Hall–Kier alpha value is -1.13. The monoisotopic (exact) mass is 257 g/mol. The summed E-state index contributed by atoms with van der Waals surface area (Å²) in [6.45, 7) is 0.382. The molecule has 0 aliphatic rings. The minimum absolute atomic E-state index is 0.272. The molecule has 0 unspecified atom stereocenters. The van der Waals surface area contributed by atoms with Gasteiger partial charge in [0, 0.05) is 5.38 Å². The molecule has 2 nitrogen and oxygen atoms in total. The first-order valence-electron chi connectivity index (χ1n) is 4.65. The van der Waals surface area contributed by atoms with Gasteiger partial charge in [-0.05, 0) is 24.3 Å². The number of halogens is 2. The third kappa shape index (κ3) is 2.93. The lowest BCUT2D eigenvalue weighted by molar-refractivity contribution is 0.305.